The number of hydrogen-bond acceptors (Lipinski definition) is 3. The molecule has 1 amide bonds. The van der Waals surface area contributed by atoms with E-state index in [1.54, 1.807) is 12.1 Å². The van der Waals surface area contributed by atoms with E-state index < -0.39 is 0 Å². The summed E-state index contributed by atoms with van der Waals surface area (Å²) in [5, 5.41) is 19.7. The fourth-order valence-electron chi connectivity index (χ4n) is 3.03. The van der Waals surface area contributed by atoms with Gasteiger partial charge in [0, 0.05) is 37.0 Å². The standard InChI is InChI=1S/C22H27N5O2/c1-2-23-22(25-16-21(29)26-18-8-10-19(28)11-9-18)24-13-5-14-27-15-12-17-6-3-4-7-20(17)27/h3-4,6-12,15,28H,2,5,13-14,16H2,1H3,(H,26,29)(H2,23,24,25). The molecule has 7 heteroatoms. The Bertz CT molecular complexity index is 963. The molecule has 2 aromatic carbocycles. The Labute approximate surface area is 170 Å². The zero-order valence-electron chi connectivity index (χ0n) is 16.6. The van der Waals surface area contributed by atoms with Crippen LogP contribution in [0.4, 0.5) is 5.69 Å². The first kappa shape index (κ1) is 20.3. The molecule has 3 aromatic rings. The molecule has 0 aliphatic rings. The Balaban J connectivity index is 1.46. The van der Waals surface area contributed by atoms with Crippen molar-refractivity contribution in [2.45, 2.75) is 19.9 Å². The molecule has 0 radical (unpaired) electrons. The number of para-hydroxylation sites is 1. The van der Waals surface area contributed by atoms with Gasteiger partial charge in [-0.25, -0.2) is 4.99 Å². The van der Waals surface area contributed by atoms with Gasteiger partial charge in [-0.1, -0.05) is 18.2 Å². The van der Waals surface area contributed by atoms with E-state index in [2.05, 4.69) is 56.0 Å². The van der Waals surface area contributed by atoms with Crippen molar-refractivity contribution in [2.75, 3.05) is 25.0 Å². The highest BCUT2D eigenvalue weighted by molar-refractivity contribution is 5.94. The summed E-state index contributed by atoms with van der Waals surface area (Å²) in [5.74, 6) is 0.560. The fraction of sp³-hybridized carbons (Fsp3) is 0.273. The zero-order chi connectivity index (χ0) is 20.5. The summed E-state index contributed by atoms with van der Waals surface area (Å²) in [4.78, 5) is 16.4. The summed E-state index contributed by atoms with van der Waals surface area (Å²) >= 11 is 0. The van der Waals surface area contributed by atoms with E-state index in [1.165, 1.54) is 23.0 Å². The maximum absolute atomic E-state index is 12.1. The molecule has 0 bridgehead atoms. The highest BCUT2D eigenvalue weighted by Crippen LogP contribution is 2.15. The van der Waals surface area contributed by atoms with Gasteiger partial charge in [-0.05, 0) is 55.1 Å². The summed E-state index contributed by atoms with van der Waals surface area (Å²) < 4.78 is 2.24. The SMILES string of the molecule is CCNC(=NCC(=O)Nc1ccc(O)cc1)NCCCn1ccc2ccccc21. The minimum atomic E-state index is -0.216. The molecule has 0 spiro atoms. The third-order valence-electron chi connectivity index (χ3n) is 4.42. The van der Waals surface area contributed by atoms with Gasteiger partial charge in [0.15, 0.2) is 5.96 Å². The maximum Gasteiger partial charge on any atom is 0.246 e. The summed E-state index contributed by atoms with van der Waals surface area (Å²) in [5.41, 5.74) is 1.86. The van der Waals surface area contributed by atoms with Crippen LogP contribution in [0.1, 0.15) is 13.3 Å². The first-order chi connectivity index (χ1) is 14.2. The second-order valence-electron chi connectivity index (χ2n) is 6.64. The summed E-state index contributed by atoms with van der Waals surface area (Å²) in [6.45, 7) is 4.37. The molecule has 4 N–H and O–H groups in total. The predicted octanol–water partition coefficient (Wildman–Crippen LogP) is 2.93. The van der Waals surface area contributed by atoms with Gasteiger partial charge in [-0.15, -0.1) is 0 Å². The summed E-state index contributed by atoms with van der Waals surface area (Å²) in [6.07, 6.45) is 3.04. The van der Waals surface area contributed by atoms with E-state index in [4.69, 9.17) is 0 Å². The second kappa shape index (κ2) is 10.2. The van der Waals surface area contributed by atoms with E-state index in [-0.39, 0.29) is 18.2 Å². The average Bonchev–Trinajstić information content (AvgIpc) is 3.14. The van der Waals surface area contributed by atoms with Crippen LogP contribution in [-0.4, -0.2) is 41.2 Å². The lowest BCUT2D eigenvalue weighted by atomic mass is 10.2. The number of phenolic OH excluding ortho intramolecular Hbond substituents is 1. The number of hydrogen-bond donors (Lipinski definition) is 4. The quantitative estimate of drug-likeness (QED) is 0.205. The minimum Gasteiger partial charge on any atom is -0.508 e. The Morgan fingerprint density at radius 1 is 1.07 bits per heavy atom. The number of nitrogens with one attached hydrogen (secondary N) is 3. The summed E-state index contributed by atoms with van der Waals surface area (Å²) in [6, 6.07) is 16.8. The Kier molecular flexibility index (Phi) is 7.10. The van der Waals surface area contributed by atoms with Crippen molar-refractivity contribution < 1.29 is 9.90 Å². The van der Waals surface area contributed by atoms with E-state index in [1.807, 2.05) is 13.0 Å². The number of anilines is 1. The van der Waals surface area contributed by atoms with Gasteiger partial charge in [0.05, 0.1) is 0 Å². The molecule has 29 heavy (non-hydrogen) atoms. The molecule has 0 atom stereocenters. The zero-order valence-corrected chi connectivity index (χ0v) is 16.6. The van der Waals surface area contributed by atoms with Crippen molar-refractivity contribution in [1.82, 2.24) is 15.2 Å². The molecule has 0 fully saturated rings. The number of phenols is 1. The molecule has 0 saturated heterocycles. The van der Waals surface area contributed by atoms with Gasteiger partial charge < -0.3 is 25.6 Å². The van der Waals surface area contributed by atoms with Crippen LogP contribution in [0, 0.1) is 0 Å². The largest absolute Gasteiger partial charge is 0.508 e. The molecule has 0 unspecified atom stereocenters. The van der Waals surface area contributed by atoms with Crippen molar-refractivity contribution in [3.05, 3.63) is 60.8 Å². The molecule has 152 valence electrons. The minimum absolute atomic E-state index is 0.0123. The third-order valence-corrected chi connectivity index (χ3v) is 4.42. The Morgan fingerprint density at radius 3 is 2.66 bits per heavy atom. The van der Waals surface area contributed by atoms with Crippen LogP contribution in [0.5, 0.6) is 5.75 Å². The van der Waals surface area contributed by atoms with Gasteiger partial charge in [0.25, 0.3) is 0 Å². The topological polar surface area (TPSA) is 90.7 Å². The van der Waals surface area contributed by atoms with E-state index in [0.29, 0.717) is 18.2 Å². The van der Waals surface area contributed by atoms with Crippen molar-refractivity contribution in [1.29, 1.82) is 0 Å². The number of carbonyl (C=O) groups excluding carboxylic acids is 1. The average molecular weight is 393 g/mol. The van der Waals surface area contributed by atoms with Crippen LogP contribution in [0.25, 0.3) is 10.9 Å². The number of amides is 1. The number of aliphatic imine (C=N–C) groups is 1. The van der Waals surface area contributed by atoms with Crippen LogP contribution in [0.3, 0.4) is 0 Å². The predicted molar refractivity (Wildman–Crippen MR) is 117 cm³/mol. The van der Waals surface area contributed by atoms with Crippen LogP contribution in [0.15, 0.2) is 65.8 Å². The number of rotatable bonds is 8. The fourth-order valence-corrected chi connectivity index (χ4v) is 3.03. The lowest BCUT2D eigenvalue weighted by molar-refractivity contribution is -0.114. The number of aromatic hydroxyl groups is 1. The van der Waals surface area contributed by atoms with Crippen LogP contribution < -0.4 is 16.0 Å². The smallest absolute Gasteiger partial charge is 0.246 e. The van der Waals surface area contributed by atoms with Gasteiger partial charge in [-0.3, -0.25) is 4.79 Å². The van der Waals surface area contributed by atoms with Gasteiger partial charge in [0.2, 0.25) is 5.91 Å². The van der Waals surface area contributed by atoms with E-state index in [0.717, 1.165) is 19.5 Å². The van der Waals surface area contributed by atoms with Crippen molar-refractivity contribution >= 4 is 28.5 Å². The van der Waals surface area contributed by atoms with Gasteiger partial charge in [-0.2, -0.15) is 0 Å². The monoisotopic (exact) mass is 393 g/mol. The van der Waals surface area contributed by atoms with E-state index >= 15 is 0 Å². The van der Waals surface area contributed by atoms with Crippen molar-refractivity contribution in [3.63, 3.8) is 0 Å². The maximum atomic E-state index is 12.1. The van der Waals surface area contributed by atoms with E-state index in [9.17, 15) is 9.90 Å². The lowest BCUT2D eigenvalue weighted by Gasteiger charge is -2.12. The number of aromatic nitrogens is 1. The second-order valence-corrected chi connectivity index (χ2v) is 6.64. The number of aryl methyl sites for hydroxylation is 1. The third kappa shape index (κ3) is 6.00. The molecule has 7 nitrogen and oxygen atoms in total. The molecular formula is C22H27N5O2. The van der Waals surface area contributed by atoms with Crippen LogP contribution >= 0.6 is 0 Å². The summed E-state index contributed by atoms with van der Waals surface area (Å²) in [7, 11) is 0. The van der Waals surface area contributed by atoms with Crippen LogP contribution in [-0.2, 0) is 11.3 Å². The molecule has 0 saturated carbocycles. The molecule has 0 aliphatic heterocycles. The highest BCUT2D eigenvalue weighted by atomic mass is 16.3. The Morgan fingerprint density at radius 2 is 1.86 bits per heavy atom. The van der Waals surface area contributed by atoms with Crippen molar-refractivity contribution in [2.24, 2.45) is 4.99 Å². The lowest BCUT2D eigenvalue weighted by Crippen LogP contribution is -2.38. The number of guanidine groups is 1. The Hall–Kier alpha value is -3.48. The van der Waals surface area contributed by atoms with Crippen LogP contribution in [0.2, 0.25) is 0 Å². The molecular weight excluding hydrogens is 366 g/mol. The molecule has 1 aromatic heterocycles. The number of benzene rings is 2. The molecule has 1 heterocycles. The first-order valence-corrected chi connectivity index (χ1v) is 9.80. The van der Waals surface area contributed by atoms with Gasteiger partial charge >= 0.3 is 0 Å². The number of fused-ring (bicyclic) bond motifs is 1. The van der Waals surface area contributed by atoms with Gasteiger partial charge in [0.1, 0.15) is 12.3 Å². The van der Waals surface area contributed by atoms with Crippen molar-refractivity contribution in [3.8, 4) is 5.75 Å². The normalized spacial score (nSPS) is 11.4. The molecule has 3 rings (SSSR count). The number of carbonyl (C=O) groups is 1. The number of nitrogens with zero attached hydrogens (tertiary/aromatic N) is 2. The molecule has 0 aliphatic carbocycles. The highest BCUT2D eigenvalue weighted by Gasteiger charge is 2.04. The first-order valence-electron chi connectivity index (χ1n) is 9.80.